The first-order valence-corrected chi connectivity index (χ1v) is 8.66. The number of nitrogens with two attached hydrogens (primary N) is 1. The minimum Gasteiger partial charge on any atom is -0.399 e. The van der Waals surface area contributed by atoms with Crippen molar-refractivity contribution in [3.63, 3.8) is 0 Å². The predicted molar refractivity (Wildman–Crippen MR) is 106 cm³/mol. The fourth-order valence-corrected chi connectivity index (χ4v) is 2.96. The van der Waals surface area contributed by atoms with Gasteiger partial charge in [0.1, 0.15) is 5.82 Å². The normalized spacial score (nSPS) is 12.0. The maximum Gasteiger partial charge on any atom is 0.232 e. The fraction of sp³-hybridized carbons (Fsp3) is 0.0952. The molecule has 1 amide bonds. The predicted octanol–water partition coefficient (Wildman–Crippen LogP) is 3.72. The van der Waals surface area contributed by atoms with Gasteiger partial charge in [-0.25, -0.2) is 4.98 Å². The quantitative estimate of drug-likeness (QED) is 0.545. The van der Waals surface area contributed by atoms with Crippen molar-refractivity contribution in [2.24, 2.45) is 0 Å². The number of hydrogen-bond donors (Lipinski definition) is 2. The number of anilines is 2. The molecule has 134 valence electrons. The first-order chi connectivity index (χ1) is 13.1. The van der Waals surface area contributed by atoms with Gasteiger partial charge in [0.2, 0.25) is 5.91 Å². The highest BCUT2D eigenvalue weighted by molar-refractivity contribution is 5.95. The first kappa shape index (κ1) is 16.8. The lowest BCUT2D eigenvalue weighted by Crippen LogP contribution is -2.19. The third-order valence-electron chi connectivity index (χ3n) is 4.52. The van der Waals surface area contributed by atoms with Crippen LogP contribution in [0.25, 0.3) is 16.9 Å². The van der Waals surface area contributed by atoms with E-state index in [9.17, 15) is 4.79 Å². The fourth-order valence-electron chi connectivity index (χ4n) is 2.96. The monoisotopic (exact) mass is 357 g/mol. The van der Waals surface area contributed by atoms with Gasteiger partial charge in [0.05, 0.1) is 24.0 Å². The molecule has 0 fully saturated rings. The van der Waals surface area contributed by atoms with Crippen LogP contribution in [0.3, 0.4) is 0 Å². The molecule has 6 heteroatoms. The molecule has 1 atom stereocenters. The molecule has 0 bridgehead atoms. The Bertz CT molecular complexity index is 1100. The van der Waals surface area contributed by atoms with E-state index in [2.05, 4.69) is 15.3 Å². The number of imidazole rings is 1. The zero-order chi connectivity index (χ0) is 18.8. The summed E-state index contributed by atoms with van der Waals surface area (Å²) in [4.78, 5) is 21.4. The largest absolute Gasteiger partial charge is 0.399 e. The van der Waals surface area contributed by atoms with E-state index in [-0.39, 0.29) is 11.8 Å². The standard InChI is InChI=1S/C21H19N5O/c1-14(15-6-3-2-4-7-15)21(27)25-20-12-24-19-11-23-18(13-26(19)20)16-8-5-9-17(22)10-16/h2-14H,22H2,1H3,(H,25,27). The maximum atomic E-state index is 12.7. The molecule has 4 rings (SSSR count). The van der Waals surface area contributed by atoms with Crippen LogP contribution in [-0.2, 0) is 4.79 Å². The number of aromatic nitrogens is 3. The minimum absolute atomic E-state index is 0.0923. The van der Waals surface area contributed by atoms with Gasteiger partial charge in [-0.2, -0.15) is 0 Å². The van der Waals surface area contributed by atoms with Crippen LogP contribution in [0.15, 0.2) is 73.2 Å². The SMILES string of the molecule is CC(C(=O)Nc1cnc2cnc(-c3cccc(N)c3)cn12)c1ccccc1. The molecule has 0 spiro atoms. The number of nitrogens with zero attached hydrogens (tertiary/aromatic N) is 3. The van der Waals surface area contributed by atoms with Gasteiger partial charge < -0.3 is 11.1 Å². The Balaban J connectivity index is 1.64. The van der Waals surface area contributed by atoms with E-state index in [1.807, 2.05) is 72.1 Å². The zero-order valence-electron chi connectivity index (χ0n) is 14.8. The number of carbonyl (C=O) groups excluding carboxylic acids is 1. The van der Waals surface area contributed by atoms with Crippen molar-refractivity contribution in [1.29, 1.82) is 0 Å². The van der Waals surface area contributed by atoms with Crippen molar-refractivity contribution in [3.8, 4) is 11.3 Å². The smallest absolute Gasteiger partial charge is 0.232 e. The summed E-state index contributed by atoms with van der Waals surface area (Å²) in [6.45, 7) is 1.88. The van der Waals surface area contributed by atoms with Gasteiger partial charge in [0.15, 0.2) is 5.65 Å². The molecule has 2 heterocycles. The lowest BCUT2D eigenvalue weighted by molar-refractivity contribution is -0.117. The Kier molecular flexibility index (Phi) is 4.30. The third-order valence-corrected chi connectivity index (χ3v) is 4.52. The molecule has 0 saturated heterocycles. The summed E-state index contributed by atoms with van der Waals surface area (Å²) in [5, 5.41) is 2.96. The Morgan fingerprint density at radius 1 is 1.07 bits per heavy atom. The Hall–Kier alpha value is -3.67. The van der Waals surface area contributed by atoms with E-state index in [1.165, 1.54) is 0 Å². The molecule has 27 heavy (non-hydrogen) atoms. The van der Waals surface area contributed by atoms with Crippen molar-refractivity contribution in [2.75, 3.05) is 11.1 Å². The molecule has 0 aliphatic carbocycles. The van der Waals surface area contributed by atoms with E-state index in [0.29, 0.717) is 17.2 Å². The number of amides is 1. The summed E-state index contributed by atoms with van der Waals surface area (Å²) in [6, 6.07) is 17.2. The van der Waals surface area contributed by atoms with Crippen LogP contribution >= 0.6 is 0 Å². The van der Waals surface area contributed by atoms with Crippen LogP contribution < -0.4 is 11.1 Å². The van der Waals surface area contributed by atoms with Crippen LogP contribution in [0, 0.1) is 0 Å². The van der Waals surface area contributed by atoms with Crippen LogP contribution in [0.5, 0.6) is 0 Å². The molecule has 4 aromatic rings. The highest BCUT2D eigenvalue weighted by Crippen LogP contribution is 2.22. The topological polar surface area (TPSA) is 85.3 Å². The van der Waals surface area contributed by atoms with E-state index >= 15 is 0 Å². The van der Waals surface area contributed by atoms with Crippen molar-refractivity contribution in [3.05, 3.63) is 78.8 Å². The molecular formula is C21H19N5O. The Labute approximate surface area is 156 Å². The Morgan fingerprint density at radius 2 is 1.89 bits per heavy atom. The lowest BCUT2D eigenvalue weighted by atomic mass is 10.0. The number of nitrogens with one attached hydrogen (secondary N) is 1. The number of carbonyl (C=O) groups is 1. The molecule has 2 aromatic heterocycles. The van der Waals surface area contributed by atoms with Gasteiger partial charge in [-0.1, -0.05) is 42.5 Å². The van der Waals surface area contributed by atoms with E-state index in [0.717, 1.165) is 16.8 Å². The average molecular weight is 357 g/mol. The van der Waals surface area contributed by atoms with Crippen molar-refractivity contribution in [2.45, 2.75) is 12.8 Å². The summed E-state index contributed by atoms with van der Waals surface area (Å²) >= 11 is 0. The maximum absolute atomic E-state index is 12.7. The molecule has 0 saturated carbocycles. The summed E-state index contributed by atoms with van der Waals surface area (Å²) in [7, 11) is 0. The highest BCUT2D eigenvalue weighted by Gasteiger charge is 2.17. The molecule has 1 unspecified atom stereocenters. The van der Waals surface area contributed by atoms with Gasteiger partial charge in [-0.05, 0) is 24.6 Å². The van der Waals surface area contributed by atoms with Crippen LogP contribution in [-0.4, -0.2) is 20.3 Å². The minimum atomic E-state index is -0.271. The van der Waals surface area contributed by atoms with Gasteiger partial charge >= 0.3 is 0 Å². The summed E-state index contributed by atoms with van der Waals surface area (Å²) in [5.41, 5.74) is 9.81. The van der Waals surface area contributed by atoms with E-state index in [4.69, 9.17) is 5.73 Å². The van der Waals surface area contributed by atoms with Crippen molar-refractivity contribution in [1.82, 2.24) is 14.4 Å². The van der Waals surface area contributed by atoms with Gasteiger partial charge in [-0.15, -0.1) is 0 Å². The lowest BCUT2D eigenvalue weighted by Gasteiger charge is -2.12. The molecule has 3 N–H and O–H groups in total. The number of rotatable bonds is 4. The summed E-state index contributed by atoms with van der Waals surface area (Å²) < 4.78 is 1.82. The summed E-state index contributed by atoms with van der Waals surface area (Å²) in [6.07, 6.45) is 5.16. The van der Waals surface area contributed by atoms with Crippen LogP contribution in [0.4, 0.5) is 11.5 Å². The number of hydrogen-bond acceptors (Lipinski definition) is 4. The molecular weight excluding hydrogens is 338 g/mol. The van der Waals surface area contributed by atoms with Crippen LogP contribution in [0.2, 0.25) is 0 Å². The third kappa shape index (κ3) is 3.37. The average Bonchev–Trinajstić information content (AvgIpc) is 3.10. The molecule has 0 aliphatic rings. The zero-order valence-corrected chi connectivity index (χ0v) is 14.8. The molecule has 0 aliphatic heterocycles. The van der Waals surface area contributed by atoms with Gasteiger partial charge in [0, 0.05) is 17.4 Å². The number of fused-ring (bicyclic) bond motifs is 1. The van der Waals surface area contributed by atoms with E-state index < -0.39 is 0 Å². The van der Waals surface area contributed by atoms with Gasteiger partial charge in [-0.3, -0.25) is 14.2 Å². The second-order valence-electron chi connectivity index (χ2n) is 6.39. The van der Waals surface area contributed by atoms with Gasteiger partial charge in [0.25, 0.3) is 0 Å². The second-order valence-corrected chi connectivity index (χ2v) is 6.39. The molecule has 2 aromatic carbocycles. The molecule has 0 radical (unpaired) electrons. The first-order valence-electron chi connectivity index (χ1n) is 8.66. The Morgan fingerprint density at radius 3 is 2.67 bits per heavy atom. The second kappa shape index (κ2) is 6.92. The van der Waals surface area contributed by atoms with E-state index in [1.54, 1.807) is 12.4 Å². The van der Waals surface area contributed by atoms with Crippen LogP contribution in [0.1, 0.15) is 18.4 Å². The number of nitrogen functional groups attached to an aromatic ring is 1. The van der Waals surface area contributed by atoms with Crippen molar-refractivity contribution >= 4 is 23.1 Å². The van der Waals surface area contributed by atoms with Crippen molar-refractivity contribution < 1.29 is 4.79 Å². The summed E-state index contributed by atoms with van der Waals surface area (Å²) in [5.74, 6) is 0.239. The molecule has 6 nitrogen and oxygen atoms in total. The highest BCUT2D eigenvalue weighted by atomic mass is 16.1. The number of benzene rings is 2.